The molecule has 0 aliphatic rings. The van der Waals surface area contributed by atoms with E-state index in [9.17, 15) is 5.11 Å². The van der Waals surface area contributed by atoms with Crippen molar-refractivity contribution >= 4 is 22.9 Å². The van der Waals surface area contributed by atoms with Crippen LogP contribution in [0.25, 0.3) is 0 Å². The van der Waals surface area contributed by atoms with Gasteiger partial charge in [0.1, 0.15) is 0 Å². The van der Waals surface area contributed by atoms with Crippen LogP contribution in [0.5, 0.6) is 0 Å². The molecular formula is C12H12ClNOS. The number of hydrogen-bond acceptors (Lipinski definition) is 3. The molecule has 0 bridgehead atoms. The van der Waals surface area contributed by atoms with Gasteiger partial charge in [-0.15, -0.1) is 11.3 Å². The second-order valence-corrected chi connectivity index (χ2v) is 5.30. The Morgan fingerprint density at radius 1 is 1.38 bits per heavy atom. The summed E-state index contributed by atoms with van der Waals surface area (Å²) in [5, 5.41) is 13.9. The van der Waals surface area contributed by atoms with Crippen molar-refractivity contribution in [3.05, 3.63) is 51.4 Å². The number of hydrogen-bond donors (Lipinski definition) is 1. The molecular weight excluding hydrogens is 242 g/mol. The fraction of sp³-hybridized carbons (Fsp3) is 0.250. The lowest BCUT2D eigenvalue weighted by Gasteiger charge is -2.22. The molecule has 0 aliphatic carbocycles. The lowest BCUT2D eigenvalue weighted by atomic mass is 9.93. The van der Waals surface area contributed by atoms with Crippen molar-refractivity contribution in [3.8, 4) is 0 Å². The van der Waals surface area contributed by atoms with E-state index >= 15 is 0 Å². The third-order valence-electron chi connectivity index (χ3n) is 2.45. The number of aliphatic hydroxyl groups is 1. The lowest BCUT2D eigenvalue weighted by Crippen LogP contribution is -2.24. The van der Waals surface area contributed by atoms with Crippen LogP contribution in [0.3, 0.4) is 0 Å². The van der Waals surface area contributed by atoms with Crippen molar-refractivity contribution in [2.45, 2.75) is 18.9 Å². The summed E-state index contributed by atoms with van der Waals surface area (Å²) in [7, 11) is 0. The van der Waals surface area contributed by atoms with Gasteiger partial charge < -0.3 is 5.11 Å². The molecule has 1 aromatic heterocycles. The van der Waals surface area contributed by atoms with Gasteiger partial charge in [0, 0.05) is 23.0 Å². The average Bonchev–Trinajstić information content (AvgIpc) is 2.70. The molecule has 16 heavy (non-hydrogen) atoms. The van der Waals surface area contributed by atoms with Gasteiger partial charge in [-0.05, 0) is 24.6 Å². The van der Waals surface area contributed by atoms with Crippen LogP contribution in [-0.4, -0.2) is 10.1 Å². The van der Waals surface area contributed by atoms with Crippen LogP contribution in [0, 0.1) is 0 Å². The van der Waals surface area contributed by atoms with Crippen LogP contribution in [0.4, 0.5) is 0 Å². The number of thiazole rings is 1. The maximum atomic E-state index is 10.4. The molecule has 1 atom stereocenters. The minimum absolute atomic E-state index is 0.520. The molecule has 1 unspecified atom stereocenters. The van der Waals surface area contributed by atoms with Crippen LogP contribution in [0.1, 0.15) is 17.5 Å². The van der Waals surface area contributed by atoms with Gasteiger partial charge in [-0.25, -0.2) is 4.98 Å². The van der Waals surface area contributed by atoms with E-state index in [0.29, 0.717) is 11.4 Å². The fourth-order valence-electron chi connectivity index (χ4n) is 1.55. The van der Waals surface area contributed by atoms with E-state index in [4.69, 9.17) is 11.6 Å². The standard InChI is InChI=1S/C12H12ClNOS/c1-12(15,8-11-14-6-7-16-11)9-2-4-10(13)5-3-9/h2-7,15H,8H2,1H3. The van der Waals surface area contributed by atoms with E-state index < -0.39 is 5.60 Å². The fourth-order valence-corrected chi connectivity index (χ4v) is 2.44. The highest BCUT2D eigenvalue weighted by Crippen LogP contribution is 2.27. The number of halogens is 1. The molecule has 2 aromatic rings. The molecule has 1 N–H and O–H groups in total. The Morgan fingerprint density at radius 2 is 2.06 bits per heavy atom. The van der Waals surface area contributed by atoms with Crippen molar-refractivity contribution in [3.63, 3.8) is 0 Å². The minimum Gasteiger partial charge on any atom is -0.385 e. The summed E-state index contributed by atoms with van der Waals surface area (Å²) in [6.07, 6.45) is 2.27. The highest BCUT2D eigenvalue weighted by atomic mass is 35.5. The second-order valence-electron chi connectivity index (χ2n) is 3.88. The molecule has 0 saturated heterocycles. The molecule has 1 heterocycles. The third-order valence-corrected chi connectivity index (χ3v) is 3.48. The quantitative estimate of drug-likeness (QED) is 0.911. The normalized spacial score (nSPS) is 14.7. The molecule has 0 radical (unpaired) electrons. The van der Waals surface area contributed by atoms with Crippen molar-refractivity contribution in [2.75, 3.05) is 0 Å². The molecule has 0 aliphatic heterocycles. The van der Waals surface area contributed by atoms with Crippen LogP contribution < -0.4 is 0 Å². The van der Waals surface area contributed by atoms with E-state index in [1.807, 2.05) is 17.5 Å². The van der Waals surface area contributed by atoms with Gasteiger partial charge in [-0.3, -0.25) is 0 Å². The van der Waals surface area contributed by atoms with Gasteiger partial charge >= 0.3 is 0 Å². The summed E-state index contributed by atoms with van der Waals surface area (Å²) in [5.74, 6) is 0. The van der Waals surface area contributed by atoms with Gasteiger partial charge in [0.25, 0.3) is 0 Å². The minimum atomic E-state index is -0.900. The lowest BCUT2D eigenvalue weighted by molar-refractivity contribution is 0.0576. The zero-order valence-electron chi connectivity index (χ0n) is 8.85. The largest absolute Gasteiger partial charge is 0.385 e. The van der Waals surface area contributed by atoms with Crippen molar-refractivity contribution in [1.82, 2.24) is 4.98 Å². The smallest absolute Gasteiger partial charge is 0.0956 e. The van der Waals surface area contributed by atoms with Crippen LogP contribution in [-0.2, 0) is 12.0 Å². The Labute approximate surface area is 104 Å². The van der Waals surface area contributed by atoms with Gasteiger partial charge in [0.15, 0.2) is 0 Å². The van der Waals surface area contributed by atoms with Crippen LogP contribution >= 0.6 is 22.9 Å². The average molecular weight is 254 g/mol. The molecule has 0 saturated carbocycles. The third kappa shape index (κ3) is 2.61. The Bertz CT molecular complexity index is 450. The molecule has 2 nitrogen and oxygen atoms in total. The highest BCUT2D eigenvalue weighted by molar-refractivity contribution is 7.09. The maximum Gasteiger partial charge on any atom is 0.0956 e. The Hall–Kier alpha value is -0.900. The summed E-state index contributed by atoms with van der Waals surface area (Å²) in [5.41, 5.74) is -0.0466. The summed E-state index contributed by atoms with van der Waals surface area (Å²) < 4.78 is 0. The van der Waals surface area contributed by atoms with Crippen molar-refractivity contribution < 1.29 is 5.11 Å². The van der Waals surface area contributed by atoms with E-state index in [1.54, 1.807) is 36.6 Å². The Balaban J connectivity index is 2.21. The van der Waals surface area contributed by atoms with E-state index in [-0.39, 0.29) is 0 Å². The summed E-state index contributed by atoms with van der Waals surface area (Å²) in [6.45, 7) is 1.79. The molecule has 84 valence electrons. The van der Waals surface area contributed by atoms with Crippen molar-refractivity contribution in [2.24, 2.45) is 0 Å². The molecule has 0 amide bonds. The molecule has 0 spiro atoms. The van der Waals surface area contributed by atoms with Crippen molar-refractivity contribution in [1.29, 1.82) is 0 Å². The summed E-state index contributed by atoms with van der Waals surface area (Å²) in [4.78, 5) is 4.18. The number of aromatic nitrogens is 1. The van der Waals surface area contributed by atoms with E-state index in [1.165, 1.54) is 0 Å². The van der Waals surface area contributed by atoms with E-state index in [2.05, 4.69) is 4.98 Å². The van der Waals surface area contributed by atoms with E-state index in [0.717, 1.165) is 10.6 Å². The monoisotopic (exact) mass is 253 g/mol. The zero-order chi connectivity index (χ0) is 11.6. The predicted molar refractivity (Wildman–Crippen MR) is 66.8 cm³/mol. The van der Waals surface area contributed by atoms with Gasteiger partial charge in [-0.2, -0.15) is 0 Å². The first-order valence-electron chi connectivity index (χ1n) is 4.95. The number of nitrogens with zero attached hydrogens (tertiary/aromatic N) is 1. The zero-order valence-corrected chi connectivity index (χ0v) is 10.4. The van der Waals surface area contributed by atoms with Gasteiger partial charge in [0.05, 0.1) is 10.6 Å². The summed E-state index contributed by atoms with van der Waals surface area (Å²) >= 11 is 7.36. The first kappa shape index (κ1) is 11.6. The highest BCUT2D eigenvalue weighted by Gasteiger charge is 2.24. The van der Waals surface area contributed by atoms with Gasteiger partial charge in [0.2, 0.25) is 0 Å². The van der Waals surface area contributed by atoms with Gasteiger partial charge in [-0.1, -0.05) is 23.7 Å². The first-order valence-corrected chi connectivity index (χ1v) is 6.20. The van der Waals surface area contributed by atoms with Crippen LogP contribution in [0.2, 0.25) is 5.02 Å². The predicted octanol–water partition coefficient (Wildman–Crippen LogP) is 3.25. The molecule has 4 heteroatoms. The number of rotatable bonds is 3. The Morgan fingerprint density at radius 3 is 2.62 bits per heavy atom. The maximum absolute atomic E-state index is 10.4. The van der Waals surface area contributed by atoms with Crippen LogP contribution in [0.15, 0.2) is 35.8 Å². The SMILES string of the molecule is CC(O)(Cc1nccs1)c1ccc(Cl)cc1. The second kappa shape index (κ2) is 4.53. The Kier molecular flexibility index (Phi) is 3.28. The molecule has 0 fully saturated rings. The number of benzene rings is 1. The topological polar surface area (TPSA) is 33.1 Å². The molecule has 1 aromatic carbocycles. The summed E-state index contributed by atoms with van der Waals surface area (Å²) in [6, 6.07) is 7.26. The molecule has 2 rings (SSSR count). The first-order chi connectivity index (χ1) is 7.58.